The van der Waals surface area contributed by atoms with Crippen LogP contribution in [0.15, 0.2) is 22.7 Å². The summed E-state index contributed by atoms with van der Waals surface area (Å²) in [6.07, 6.45) is 2.30. The van der Waals surface area contributed by atoms with Crippen molar-refractivity contribution in [1.29, 1.82) is 0 Å². The van der Waals surface area contributed by atoms with Crippen LogP contribution in [0.4, 0.5) is 4.39 Å². The fourth-order valence-corrected chi connectivity index (χ4v) is 1.99. The van der Waals surface area contributed by atoms with Gasteiger partial charge in [-0.1, -0.05) is 18.3 Å². The van der Waals surface area contributed by atoms with Gasteiger partial charge in [-0.05, 0) is 47.3 Å². The Labute approximate surface area is 119 Å². The molecule has 0 aliphatic rings. The number of carbonyl (C=O) groups excluding carboxylic acids is 1. The summed E-state index contributed by atoms with van der Waals surface area (Å²) >= 11 is 7.80. The lowest BCUT2D eigenvalue weighted by molar-refractivity contribution is 0.0952. The number of unbranched alkanes of at least 4 members (excludes halogenated alkanes) is 1. The SMILES string of the molecule is NC(=S)CCCCNC(=O)c1cccc(F)c1Br. The molecule has 0 saturated heterocycles. The summed E-state index contributed by atoms with van der Waals surface area (Å²) < 4.78 is 13.4. The summed E-state index contributed by atoms with van der Waals surface area (Å²) in [6, 6.07) is 4.36. The van der Waals surface area contributed by atoms with Crippen molar-refractivity contribution in [1.82, 2.24) is 5.32 Å². The standard InChI is InChI=1S/C12H14BrFN2OS/c13-11-8(4-3-5-9(11)14)12(17)16-7-2-1-6-10(15)18/h3-5H,1-2,6-7H2,(H2,15,18)(H,16,17). The van der Waals surface area contributed by atoms with Gasteiger partial charge in [-0.2, -0.15) is 0 Å². The zero-order chi connectivity index (χ0) is 13.5. The molecule has 0 atom stereocenters. The van der Waals surface area contributed by atoms with E-state index in [0.717, 1.165) is 12.8 Å². The van der Waals surface area contributed by atoms with Crippen LogP contribution in [0.1, 0.15) is 29.6 Å². The molecule has 0 aromatic heterocycles. The number of amides is 1. The van der Waals surface area contributed by atoms with Crippen molar-refractivity contribution >= 4 is 39.0 Å². The third-order valence-corrected chi connectivity index (χ3v) is 3.34. The third-order valence-electron chi connectivity index (χ3n) is 2.33. The maximum Gasteiger partial charge on any atom is 0.252 e. The summed E-state index contributed by atoms with van der Waals surface area (Å²) in [7, 11) is 0. The number of nitrogens with one attached hydrogen (secondary N) is 1. The zero-order valence-electron chi connectivity index (χ0n) is 9.71. The molecule has 18 heavy (non-hydrogen) atoms. The average molecular weight is 333 g/mol. The molecule has 1 amide bonds. The van der Waals surface area contributed by atoms with Crippen LogP contribution in [-0.4, -0.2) is 17.4 Å². The average Bonchev–Trinajstić information content (AvgIpc) is 2.31. The Balaban J connectivity index is 2.41. The molecular formula is C12H14BrFN2OS. The highest BCUT2D eigenvalue weighted by molar-refractivity contribution is 9.10. The lowest BCUT2D eigenvalue weighted by atomic mass is 10.2. The fraction of sp³-hybridized carbons (Fsp3) is 0.333. The number of carbonyl (C=O) groups is 1. The molecule has 0 aliphatic heterocycles. The minimum atomic E-state index is -0.448. The van der Waals surface area contributed by atoms with E-state index in [1.165, 1.54) is 12.1 Å². The van der Waals surface area contributed by atoms with Gasteiger partial charge in [0.25, 0.3) is 5.91 Å². The number of halogens is 2. The molecule has 0 heterocycles. The Kier molecular flexibility index (Phi) is 6.21. The highest BCUT2D eigenvalue weighted by Gasteiger charge is 2.12. The summed E-state index contributed by atoms with van der Waals surface area (Å²) in [4.78, 5) is 12.2. The molecule has 0 radical (unpaired) electrons. The van der Waals surface area contributed by atoms with Gasteiger partial charge in [-0.15, -0.1) is 0 Å². The fourth-order valence-electron chi connectivity index (χ4n) is 1.40. The summed E-state index contributed by atoms with van der Waals surface area (Å²) in [5, 5.41) is 2.72. The van der Waals surface area contributed by atoms with Crippen molar-refractivity contribution in [3.8, 4) is 0 Å². The molecule has 0 fully saturated rings. The smallest absolute Gasteiger partial charge is 0.252 e. The minimum Gasteiger partial charge on any atom is -0.393 e. The number of thiocarbonyl (C=S) groups is 1. The first-order chi connectivity index (χ1) is 8.52. The van der Waals surface area contributed by atoms with Crippen LogP contribution in [0.5, 0.6) is 0 Å². The van der Waals surface area contributed by atoms with Gasteiger partial charge < -0.3 is 11.1 Å². The van der Waals surface area contributed by atoms with Gasteiger partial charge in [0, 0.05) is 6.54 Å². The van der Waals surface area contributed by atoms with Crippen molar-refractivity contribution in [3.05, 3.63) is 34.1 Å². The Morgan fingerprint density at radius 1 is 1.44 bits per heavy atom. The minimum absolute atomic E-state index is 0.186. The molecule has 6 heteroatoms. The second kappa shape index (κ2) is 7.43. The van der Waals surface area contributed by atoms with Crippen molar-refractivity contribution in [2.24, 2.45) is 5.73 Å². The van der Waals surface area contributed by atoms with E-state index in [4.69, 9.17) is 18.0 Å². The van der Waals surface area contributed by atoms with Crippen LogP contribution in [0.3, 0.4) is 0 Å². The van der Waals surface area contributed by atoms with Crippen LogP contribution < -0.4 is 11.1 Å². The summed E-state index contributed by atoms with van der Waals surface area (Å²) in [6.45, 7) is 0.518. The first-order valence-electron chi connectivity index (χ1n) is 5.53. The molecule has 1 rings (SSSR count). The van der Waals surface area contributed by atoms with Gasteiger partial charge >= 0.3 is 0 Å². The third kappa shape index (κ3) is 4.70. The number of rotatable bonds is 6. The molecule has 98 valence electrons. The molecule has 0 saturated carbocycles. The zero-order valence-corrected chi connectivity index (χ0v) is 12.1. The highest BCUT2D eigenvalue weighted by Crippen LogP contribution is 2.20. The van der Waals surface area contributed by atoms with E-state index in [9.17, 15) is 9.18 Å². The number of hydrogen-bond donors (Lipinski definition) is 2. The van der Waals surface area contributed by atoms with E-state index in [1.807, 2.05) is 0 Å². The number of nitrogens with two attached hydrogens (primary N) is 1. The number of hydrogen-bond acceptors (Lipinski definition) is 2. The Bertz CT molecular complexity index is 454. The summed E-state index contributed by atoms with van der Waals surface area (Å²) in [5.41, 5.74) is 5.65. The molecular weight excluding hydrogens is 319 g/mol. The van der Waals surface area contributed by atoms with E-state index in [0.29, 0.717) is 23.5 Å². The van der Waals surface area contributed by atoms with Gasteiger partial charge in [0.15, 0.2) is 0 Å². The normalized spacial score (nSPS) is 10.1. The topological polar surface area (TPSA) is 55.1 Å². The molecule has 1 aromatic rings. The van der Waals surface area contributed by atoms with Crippen LogP contribution in [0.25, 0.3) is 0 Å². The van der Waals surface area contributed by atoms with Crippen LogP contribution in [0, 0.1) is 5.82 Å². The van der Waals surface area contributed by atoms with Gasteiger partial charge in [-0.25, -0.2) is 4.39 Å². The molecule has 0 bridgehead atoms. The van der Waals surface area contributed by atoms with Crippen LogP contribution >= 0.6 is 28.1 Å². The van der Waals surface area contributed by atoms with E-state index >= 15 is 0 Å². The van der Waals surface area contributed by atoms with E-state index in [1.54, 1.807) is 6.07 Å². The Hall–Kier alpha value is -1.01. The van der Waals surface area contributed by atoms with Crippen molar-refractivity contribution in [2.75, 3.05) is 6.54 Å². The molecule has 0 aliphatic carbocycles. The van der Waals surface area contributed by atoms with Crippen molar-refractivity contribution in [2.45, 2.75) is 19.3 Å². The maximum absolute atomic E-state index is 13.2. The lowest BCUT2D eigenvalue weighted by Crippen LogP contribution is -2.25. The van der Waals surface area contributed by atoms with Crippen LogP contribution in [-0.2, 0) is 0 Å². The molecule has 3 nitrogen and oxygen atoms in total. The first kappa shape index (κ1) is 15.0. The van der Waals surface area contributed by atoms with E-state index in [-0.39, 0.29) is 10.4 Å². The lowest BCUT2D eigenvalue weighted by Gasteiger charge is -2.07. The maximum atomic E-state index is 13.2. The highest BCUT2D eigenvalue weighted by atomic mass is 79.9. The first-order valence-corrected chi connectivity index (χ1v) is 6.73. The van der Waals surface area contributed by atoms with Gasteiger partial charge in [0.1, 0.15) is 5.82 Å². The molecule has 0 spiro atoms. The second-order valence-electron chi connectivity index (χ2n) is 3.78. The Morgan fingerprint density at radius 2 is 2.17 bits per heavy atom. The molecule has 0 unspecified atom stereocenters. The van der Waals surface area contributed by atoms with Crippen molar-refractivity contribution < 1.29 is 9.18 Å². The van der Waals surface area contributed by atoms with E-state index < -0.39 is 5.82 Å². The molecule has 1 aromatic carbocycles. The molecule has 3 N–H and O–H groups in total. The van der Waals surface area contributed by atoms with Gasteiger partial charge in [-0.3, -0.25) is 4.79 Å². The predicted octanol–water partition coefficient (Wildman–Crippen LogP) is 2.77. The Morgan fingerprint density at radius 3 is 2.83 bits per heavy atom. The van der Waals surface area contributed by atoms with Gasteiger partial charge in [0.2, 0.25) is 0 Å². The van der Waals surface area contributed by atoms with Crippen molar-refractivity contribution in [3.63, 3.8) is 0 Å². The van der Waals surface area contributed by atoms with Crippen LogP contribution in [0.2, 0.25) is 0 Å². The predicted molar refractivity (Wildman–Crippen MR) is 77.1 cm³/mol. The largest absolute Gasteiger partial charge is 0.393 e. The second-order valence-corrected chi connectivity index (χ2v) is 5.10. The monoisotopic (exact) mass is 332 g/mol. The van der Waals surface area contributed by atoms with E-state index in [2.05, 4.69) is 21.2 Å². The van der Waals surface area contributed by atoms with Gasteiger partial charge in [0.05, 0.1) is 15.0 Å². The quantitative estimate of drug-likeness (QED) is 0.622. The summed E-state index contributed by atoms with van der Waals surface area (Å²) in [5.74, 6) is -0.743. The number of benzene rings is 1.